The first kappa shape index (κ1) is 19.9. The lowest BCUT2D eigenvalue weighted by atomic mass is 9.90. The molecule has 0 aliphatic carbocycles. The molecule has 3 N–H and O–H groups in total. The molecule has 2 aromatic carbocycles. The number of carbonyl (C=O) groups excluding carboxylic acids is 2. The van der Waals surface area contributed by atoms with Crippen LogP contribution in [0.25, 0.3) is 0 Å². The van der Waals surface area contributed by atoms with E-state index in [0.29, 0.717) is 10.6 Å². The van der Waals surface area contributed by atoms with Crippen LogP contribution in [0.1, 0.15) is 30.0 Å². The molecule has 0 aliphatic heterocycles. The number of rotatable bonds is 6. The highest BCUT2D eigenvalue weighted by Crippen LogP contribution is 2.27. The van der Waals surface area contributed by atoms with Crippen molar-refractivity contribution in [3.8, 4) is 0 Å². The monoisotopic (exact) mass is 374 g/mol. The van der Waals surface area contributed by atoms with Gasteiger partial charge in [0.25, 0.3) is 5.91 Å². The summed E-state index contributed by atoms with van der Waals surface area (Å²) in [5.74, 6) is -1.00. The van der Waals surface area contributed by atoms with Crippen LogP contribution < -0.4 is 10.6 Å². The largest absolute Gasteiger partial charge is 0.375 e. The summed E-state index contributed by atoms with van der Waals surface area (Å²) in [6.07, 6.45) is 0.150. The van der Waals surface area contributed by atoms with Crippen molar-refractivity contribution < 1.29 is 14.7 Å². The average molecular weight is 375 g/mol. The first-order valence-electron chi connectivity index (χ1n) is 8.40. The van der Waals surface area contributed by atoms with Gasteiger partial charge in [-0.05, 0) is 49.1 Å². The number of nitrogens with one attached hydrogen (secondary N) is 2. The van der Waals surface area contributed by atoms with Crippen LogP contribution >= 0.6 is 11.6 Å². The number of hydrogen-bond donors (Lipinski definition) is 3. The van der Waals surface area contributed by atoms with E-state index in [1.165, 1.54) is 0 Å². The van der Waals surface area contributed by atoms with E-state index in [1.807, 2.05) is 32.0 Å². The fourth-order valence-electron chi connectivity index (χ4n) is 2.74. The Morgan fingerprint density at radius 1 is 1.12 bits per heavy atom. The van der Waals surface area contributed by atoms with Crippen molar-refractivity contribution in [2.24, 2.45) is 0 Å². The Bertz CT molecular complexity index is 802. The van der Waals surface area contributed by atoms with Crippen LogP contribution in [0.3, 0.4) is 0 Å². The van der Waals surface area contributed by atoms with E-state index < -0.39 is 11.5 Å². The molecule has 0 spiro atoms. The summed E-state index contributed by atoms with van der Waals surface area (Å²) < 4.78 is 0. The Balaban J connectivity index is 2.05. The van der Waals surface area contributed by atoms with E-state index in [2.05, 4.69) is 10.6 Å². The first-order chi connectivity index (χ1) is 12.3. The van der Waals surface area contributed by atoms with Gasteiger partial charge in [-0.25, -0.2) is 0 Å². The lowest BCUT2D eigenvalue weighted by Gasteiger charge is -2.26. The van der Waals surface area contributed by atoms with Crippen LogP contribution in [0.4, 0.5) is 5.69 Å². The van der Waals surface area contributed by atoms with Gasteiger partial charge in [0.2, 0.25) is 5.91 Å². The zero-order valence-corrected chi connectivity index (χ0v) is 15.9. The third-order valence-corrected chi connectivity index (χ3v) is 4.58. The fraction of sp³-hybridized carbons (Fsp3) is 0.300. The molecule has 0 aliphatic rings. The predicted molar refractivity (Wildman–Crippen MR) is 103 cm³/mol. The summed E-state index contributed by atoms with van der Waals surface area (Å²) in [6.45, 7) is 5.25. The predicted octanol–water partition coefficient (Wildman–Crippen LogP) is 3.31. The highest BCUT2D eigenvalue weighted by molar-refractivity contribution is 6.30. The number of hydrogen-bond acceptors (Lipinski definition) is 3. The van der Waals surface area contributed by atoms with E-state index in [1.54, 1.807) is 31.2 Å². The standard InChI is InChI=1S/C20H23ClN2O3/c1-4-20(26,15-9-6-10-16(21)11-15)19(25)22-12-17(24)23-18-13(2)7-5-8-14(18)3/h5-11,26H,4,12H2,1-3H3,(H,22,25)(H,23,24)/t20-/m1/s1. The maximum absolute atomic E-state index is 12.5. The van der Waals surface area contributed by atoms with Gasteiger partial charge in [0.1, 0.15) is 0 Å². The van der Waals surface area contributed by atoms with Crippen molar-refractivity contribution in [1.29, 1.82) is 0 Å². The molecule has 6 heteroatoms. The van der Waals surface area contributed by atoms with E-state index in [4.69, 9.17) is 11.6 Å². The summed E-state index contributed by atoms with van der Waals surface area (Å²) in [4.78, 5) is 24.7. The zero-order valence-electron chi connectivity index (χ0n) is 15.1. The molecule has 0 aromatic heterocycles. The summed E-state index contributed by atoms with van der Waals surface area (Å²) in [5.41, 5.74) is 1.25. The Kier molecular flexibility index (Phi) is 6.40. The molecule has 0 saturated heterocycles. The van der Waals surface area contributed by atoms with Crippen LogP contribution in [-0.2, 0) is 15.2 Å². The summed E-state index contributed by atoms with van der Waals surface area (Å²) >= 11 is 5.95. The van der Waals surface area contributed by atoms with Gasteiger partial charge in [0.05, 0.1) is 6.54 Å². The minimum Gasteiger partial charge on any atom is -0.375 e. The van der Waals surface area contributed by atoms with Crippen LogP contribution in [0.5, 0.6) is 0 Å². The van der Waals surface area contributed by atoms with Crippen molar-refractivity contribution in [3.05, 3.63) is 64.2 Å². The van der Waals surface area contributed by atoms with Gasteiger partial charge in [0, 0.05) is 10.7 Å². The molecule has 0 heterocycles. The van der Waals surface area contributed by atoms with Crippen molar-refractivity contribution in [2.75, 3.05) is 11.9 Å². The van der Waals surface area contributed by atoms with Crippen LogP contribution in [0.15, 0.2) is 42.5 Å². The Hall–Kier alpha value is -2.37. The van der Waals surface area contributed by atoms with Gasteiger partial charge >= 0.3 is 0 Å². The van der Waals surface area contributed by atoms with E-state index >= 15 is 0 Å². The number of anilines is 1. The molecule has 2 rings (SSSR count). The Labute approximate surface area is 158 Å². The molecule has 1 atom stereocenters. The van der Waals surface area contributed by atoms with Crippen molar-refractivity contribution >= 4 is 29.1 Å². The topological polar surface area (TPSA) is 78.4 Å². The first-order valence-corrected chi connectivity index (χ1v) is 8.78. The number of carbonyl (C=O) groups is 2. The van der Waals surface area contributed by atoms with E-state index in [9.17, 15) is 14.7 Å². The molecule has 0 bridgehead atoms. The Morgan fingerprint density at radius 2 is 1.73 bits per heavy atom. The molecule has 26 heavy (non-hydrogen) atoms. The minimum absolute atomic E-state index is 0.150. The summed E-state index contributed by atoms with van der Waals surface area (Å²) in [5, 5.41) is 16.5. The highest BCUT2D eigenvalue weighted by Gasteiger charge is 2.36. The molecule has 0 radical (unpaired) electrons. The van der Waals surface area contributed by atoms with Gasteiger partial charge in [-0.3, -0.25) is 9.59 Å². The maximum Gasteiger partial charge on any atom is 0.257 e. The number of para-hydroxylation sites is 1. The van der Waals surface area contributed by atoms with Crippen molar-refractivity contribution in [2.45, 2.75) is 32.8 Å². The smallest absolute Gasteiger partial charge is 0.257 e. The number of amides is 2. The second kappa shape index (κ2) is 8.34. The molecular weight excluding hydrogens is 352 g/mol. The normalized spacial score (nSPS) is 13.0. The number of benzene rings is 2. The molecule has 2 aromatic rings. The lowest BCUT2D eigenvalue weighted by molar-refractivity contribution is -0.142. The van der Waals surface area contributed by atoms with Gasteiger partial charge in [-0.15, -0.1) is 0 Å². The second-order valence-corrected chi connectivity index (χ2v) is 6.66. The minimum atomic E-state index is -1.75. The lowest BCUT2D eigenvalue weighted by Crippen LogP contribution is -2.46. The number of aliphatic hydroxyl groups is 1. The molecule has 2 amide bonds. The van der Waals surface area contributed by atoms with Gasteiger partial charge in [-0.1, -0.05) is 48.9 Å². The Morgan fingerprint density at radius 3 is 2.31 bits per heavy atom. The SMILES string of the molecule is CC[C@](O)(C(=O)NCC(=O)Nc1c(C)cccc1C)c1cccc(Cl)c1. The number of aryl methyl sites for hydroxylation is 2. The van der Waals surface area contributed by atoms with Crippen molar-refractivity contribution in [3.63, 3.8) is 0 Å². The molecule has 0 saturated carbocycles. The van der Waals surface area contributed by atoms with E-state index in [-0.39, 0.29) is 18.9 Å². The molecule has 5 nitrogen and oxygen atoms in total. The third-order valence-electron chi connectivity index (χ3n) is 4.34. The third kappa shape index (κ3) is 4.42. The average Bonchev–Trinajstić information content (AvgIpc) is 2.62. The van der Waals surface area contributed by atoms with Crippen LogP contribution in [0, 0.1) is 13.8 Å². The zero-order chi connectivity index (χ0) is 19.3. The summed E-state index contributed by atoms with van der Waals surface area (Å²) in [7, 11) is 0. The molecule has 138 valence electrons. The second-order valence-electron chi connectivity index (χ2n) is 6.22. The quantitative estimate of drug-likeness (QED) is 0.725. The van der Waals surface area contributed by atoms with Crippen LogP contribution in [-0.4, -0.2) is 23.5 Å². The van der Waals surface area contributed by atoms with Gasteiger partial charge in [-0.2, -0.15) is 0 Å². The molecule has 0 fully saturated rings. The highest BCUT2D eigenvalue weighted by atomic mass is 35.5. The van der Waals surface area contributed by atoms with Gasteiger partial charge < -0.3 is 15.7 Å². The van der Waals surface area contributed by atoms with Crippen LogP contribution in [0.2, 0.25) is 5.02 Å². The van der Waals surface area contributed by atoms with Crippen molar-refractivity contribution in [1.82, 2.24) is 5.32 Å². The van der Waals surface area contributed by atoms with Gasteiger partial charge in [0.15, 0.2) is 5.60 Å². The fourth-order valence-corrected chi connectivity index (χ4v) is 2.93. The number of halogens is 1. The molecule has 0 unspecified atom stereocenters. The summed E-state index contributed by atoms with van der Waals surface area (Å²) in [6, 6.07) is 12.2. The molecular formula is C20H23ClN2O3. The van der Waals surface area contributed by atoms with E-state index in [0.717, 1.165) is 16.8 Å². The maximum atomic E-state index is 12.5.